The van der Waals surface area contributed by atoms with Crippen molar-refractivity contribution in [1.82, 2.24) is 9.78 Å². The van der Waals surface area contributed by atoms with Crippen molar-refractivity contribution in [3.63, 3.8) is 0 Å². The molecule has 4 heteroatoms. The summed E-state index contributed by atoms with van der Waals surface area (Å²) < 4.78 is 2.20. The van der Waals surface area contributed by atoms with Crippen molar-refractivity contribution in [3.8, 4) is 0 Å². The topological polar surface area (TPSA) is 64.1 Å². The Bertz CT molecular complexity index is 750. The molecular weight excluding hydrogens is 358 g/mol. The highest BCUT2D eigenvalue weighted by molar-refractivity contribution is 5.27. The molecule has 0 spiro atoms. The van der Waals surface area contributed by atoms with E-state index >= 15 is 0 Å². The summed E-state index contributed by atoms with van der Waals surface area (Å²) in [6, 6.07) is 0. The molecule has 0 bridgehead atoms. The molecule has 164 valence electrons. The zero-order chi connectivity index (χ0) is 21.2. The molecule has 0 amide bonds. The van der Waals surface area contributed by atoms with Gasteiger partial charge >= 0.3 is 0 Å². The summed E-state index contributed by atoms with van der Waals surface area (Å²) in [7, 11) is 0. The minimum absolute atomic E-state index is 0.0201. The monoisotopic (exact) mass is 401 g/mol. The van der Waals surface area contributed by atoms with Crippen molar-refractivity contribution < 1.29 is 5.11 Å². The Kier molecular flexibility index (Phi) is 5.22. The number of aliphatic hydroxyl groups is 1. The lowest BCUT2D eigenvalue weighted by molar-refractivity contribution is -0.0694. The number of rotatable bonds is 3. The van der Waals surface area contributed by atoms with Gasteiger partial charge in [0.15, 0.2) is 0 Å². The fourth-order valence-electron chi connectivity index (χ4n) is 7.78. The summed E-state index contributed by atoms with van der Waals surface area (Å²) in [5.41, 5.74) is 9.77. The minimum Gasteiger partial charge on any atom is -0.396 e. The van der Waals surface area contributed by atoms with Crippen molar-refractivity contribution >= 4 is 0 Å². The van der Waals surface area contributed by atoms with Gasteiger partial charge in [0.25, 0.3) is 0 Å². The lowest BCUT2D eigenvalue weighted by Crippen LogP contribution is -2.53. The van der Waals surface area contributed by atoms with Crippen molar-refractivity contribution in [2.24, 2.45) is 46.2 Å². The lowest BCUT2D eigenvalue weighted by atomic mass is 9.49. The van der Waals surface area contributed by atoms with Crippen LogP contribution in [0.4, 0.5) is 0 Å². The number of hydrogen-bond acceptors (Lipinski definition) is 3. The number of nitrogens with two attached hydrogens (primary N) is 1. The molecule has 0 aromatic carbocycles. The molecule has 2 saturated carbocycles. The van der Waals surface area contributed by atoms with Gasteiger partial charge in [0.2, 0.25) is 0 Å². The Morgan fingerprint density at radius 3 is 2.48 bits per heavy atom. The maximum absolute atomic E-state index is 10.5. The van der Waals surface area contributed by atoms with Gasteiger partial charge in [0.05, 0.1) is 11.7 Å². The average molecular weight is 402 g/mol. The molecule has 1 aromatic heterocycles. The van der Waals surface area contributed by atoms with Gasteiger partial charge in [-0.1, -0.05) is 20.8 Å². The van der Waals surface area contributed by atoms with Crippen molar-refractivity contribution in [2.75, 3.05) is 13.2 Å². The van der Waals surface area contributed by atoms with Crippen LogP contribution in [0, 0.1) is 40.4 Å². The van der Waals surface area contributed by atoms with E-state index in [0.717, 1.165) is 31.2 Å². The molecule has 3 N–H and O–H groups in total. The highest BCUT2D eigenvalue weighted by Gasteiger charge is 2.57. The van der Waals surface area contributed by atoms with Crippen LogP contribution in [0.15, 0.2) is 6.20 Å². The van der Waals surface area contributed by atoms with E-state index in [4.69, 9.17) is 10.8 Å². The molecule has 3 aliphatic rings. The van der Waals surface area contributed by atoms with Crippen LogP contribution in [0.1, 0.15) is 78.5 Å². The first-order valence-corrected chi connectivity index (χ1v) is 11.9. The van der Waals surface area contributed by atoms with Crippen LogP contribution in [0.3, 0.4) is 0 Å². The Morgan fingerprint density at radius 1 is 1.17 bits per heavy atom. The first-order valence-electron chi connectivity index (χ1n) is 11.9. The Morgan fingerprint density at radius 2 is 1.86 bits per heavy atom. The molecule has 1 heterocycles. The van der Waals surface area contributed by atoms with E-state index in [1.807, 2.05) is 0 Å². The first kappa shape index (κ1) is 21.4. The Hall–Kier alpha value is -0.870. The number of aliphatic hydroxyl groups excluding tert-OH is 1. The summed E-state index contributed by atoms with van der Waals surface area (Å²) in [6.45, 7) is 15.2. The summed E-state index contributed by atoms with van der Waals surface area (Å²) in [6.07, 6.45) is 9.34. The second kappa shape index (κ2) is 7.09. The third kappa shape index (κ3) is 3.12. The molecule has 0 radical (unpaired) electrons. The minimum atomic E-state index is -0.0201. The van der Waals surface area contributed by atoms with Crippen LogP contribution in [0.5, 0.6) is 0 Å². The predicted molar refractivity (Wildman–Crippen MR) is 119 cm³/mol. The van der Waals surface area contributed by atoms with Crippen molar-refractivity contribution in [1.29, 1.82) is 0 Å². The van der Waals surface area contributed by atoms with Crippen LogP contribution in [-0.4, -0.2) is 28.0 Å². The van der Waals surface area contributed by atoms with Gasteiger partial charge in [-0.15, -0.1) is 0 Å². The van der Waals surface area contributed by atoms with Gasteiger partial charge in [0, 0.05) is 12.3 Å². The molecule has 1 aromatic rings. The molecule has 29 heavy (non-hydrogen) atoms. The number of aromatic nitrogens is 2. The Labute approximate surface area is 177 Å². The zero-order valence-corrected chi connectivity index (χ0v) is 19.5. The molecule has 0 saturated heterocycles. The van der Waals surface area contributed by atoms with Gasteiger partial charge < -0.3 is 10.8 Å². The predicted octanol–water partition coefficient (Wildman–Crippen LogP) is 4.39. The quantitative estimate of drug-likeness (QED) is 0.789. The van der Waals surface area contributed by atoms with E-state index in [1.165, 1.54) is 36.9 Å². The second-order valence-corrected chi connectivity index (χ2v) is 12.1. The third-order valence-electron chi connectivity index (χ3n) is 9.79. The van der Waals surface area contributed by atoms with Crippen LogP contribution in [0.25, 0.3) is 0 Å². The molecule has 2 fully saturated rings. The maximum Gasteiger partial charge on any atom is 0.0546 e. The molecular formula is C25H43N3O. The fourth-order valence-corrected chi connectivity index (χ4v) is 7.78. The Balaban J connectivity index is 1.69. The van der Waals surface area contributed by atoms with Crippen LogP contribution < -0.4 is 5.73 Å². The van der Waals surface area contributed by atoms with Gasteiger partial charge in [-0.2, -0.15) is 5.10 Å². The van der Waals surface area contributed by atoms with Gasteiger partial charge in [-0.3, -0.25) is 4.68 Å². The molecule has 4 rings (SSSR count). The van der Waals surface area contributed by atoms with Crippen LogP contribution in [-0.2, 0) is 18.4 Å². The van der Waals surface area contributed by atoms with E-state index in [9.17, 15) is 5.11 Å². The summed E-state index contributed by atoms with van der Waals surface area (Å²) >= 11 is 0. The normalized spacial score (nSPS) is 42.6. The molecule has 7 atom stereocenters. The third-order valence-corrected chi connectivity index (χ3v) is 9.79. The maximum atomic E-state index is 10.5. The van der Waals surface area contributed by atoms with Crippen molar-refractivity contribution in [3.05, 3.63) is 17.5 Å². The first-order chi connectivity index (χ1) is 13.6. The van der Waals surface area contributed by atoms with E-state index < -0.39 is 0 Å². The van der Waals surface area contributed by atoms with E-state index in [-0.39, 0.29) is 23.5 Å². The molecule has 4 nitrogen and oxygen atoms in total. The molecule has 0 aliphatic heterocycles. The second-order valence-electron chi connectivity index (χ2n) is 12.1. The number of hydrogen-bond donors (Lipinski definition) is 2. The van der Waals surface area contributed by atoms with Gasteiger partial charge in [-0.05, 0) is 112 Å². The van der Waals surface area contributed by atoms with Gasteiger partial charge in [-0.25, -0.2) is 0 Å². The molecule has 0 unspecified atom stereocenters. The fraction of sp³-hybridized carbons (Fsp3) is 0.880. The largest absolute Gasteiger partial charge is 0.396 e. The van der Waals surface area contributed by atoms with Gasteiger partial charge in [0.1, 0.15) is 0 Å². The summed E-state index contributed by atoms with van der Waals surface area (Å²) in [5, 5.41) is 15.3. The lowest BCUT2D eigenvalue weighted by Gasteiger charge is -2.56. The number of nitrogens with zero attached hydrogens (tertiary/aromatic N) is 2. The van der Waals surface area contributed by atoms with E-state index in [0.29, 0.717) is 17.3 Å². The summed E-state index contributed by atoms with van der Waals surface area (Å²) in [5.74, 6) is 3.02. The van der Waals surface area contributed by atoms with E-state index in [1.54, 1.807) is 0 Å². The van der Waals surface area contributed by atoms with Crippen molar-refractivity contribution in [2.45, 2.75) is 85.6 Å². The smallest absolute Gasteiger partial charge is 0.0546 e. The van der Waals surface area contributed by atoms with E-state index in [2.05, 4.69) is 52.4 Å². The average Bonchev–Trinajstić information content (AvgIpc) is 3.20. The highest BCUT2D eigenvalue weighted by atomic mass is 16.3. The van der Waals surface area contributed by atoms with Crippen LogP contribution >= 0.6 is 0 Å². The molecule has 3 aliphatic carbocycles. The standard InChI is InChI=1S/C25H43N3O/c1-16-7-8-20-19(13-26)21(9-10-24(16,20)5)25(6)12-17-14-27-28(23(2,3)4)22(17)11-18(25)15-29/h14,16,18-21,29H,7-13,15,26H2,1-6H3/t16-,18+,19-,20-,21-,24+,25-/m0/s1. The highest BCUT2D eigenvalue weighted by Crippen LogP contribution is 2.63. The summed E-state index contributed by atoms with van der Waals surface area (Å²) in [4.78, 5) is 0. The zero-order valence-electron chi connectivity index (χ0n) is 19.5. The SMILES string of the molecule is C[C@H]1CC[C@H]2[C@H](CN)[C@@H]([C@@]3(C)Cc4cnn(C(C)(C)C)c4C[C@@H]3CO)CC[C@]12C. The van der Waals surface area contributed by atoms with Crippen LogP contribution in [0.2, 0.25) is 0 Å². The number of fused-ring (bicyclic) bond motifs is 2.